The minimum absolute atomic E-state index is 0.167. The maximum atomic E-state index is 10.7. The number of aromatic nitrogens is 1. The van der Waals surface area contributed by atoms with E-state index in [9.17, 15) is 4.79 Å². The number of nitriles is 1. The first-order valence-electron chi connectivity index (χ1n) is 5.14. The number of rotatable bonds is 2. The summed E-state index contributed by atoms with van der Waals surface area (Å²) in [5, 5.41) is 17.5. The number of hydrogen-bond donors (Lipinski definition) is 1. The summed E-state index contributed by atoms with van der Waals surface area (Å²) in [6.45, 7) is 2.13. The van der Waals surface area contributed by atoms with Crippen LogP contribution >= 0.6 is 0 Å². The van der Waals surface area contributed by atoms with Crippen molar-refractivity contribution in [3.05, 3.63) is 24.0 Å². The Labute approximate surface area is 98.1 Å². The highest BCUT2D eigenvalue weighted by atomic mass is 16.5. The van der Waals surface area contributed by atoms with Gasteiger partial charge in [0.05, 0.1) is 12.6 Å². The zero-order valence-electron chi connectivity index (χ0n) is 9.20. The molecule has 0 unspecified atom stereocenters. The number of carbonyl (C=O) groups is 1. The Morgan fingerprint density at radius 1 is 1.76 bits per heavy atom. The Morgan fingerprint density at radius 2 is 2.53 bits per heavy atom. The molecule has 0 radical (unpaired) electrons. The normalized spacial score (nSPS) is 22.5. The molecule has 1 aromatic heterocycles. The van der Waals surface area contributed by atoms with Crippen LogP contribution in [-0.4, -0.2) is 39.8 Å². The van der Waals surface area contributed by atoms with Crippen molar-refractivity contribution in [1.82, 2.24) is 9.88 Å². The fourth-order valence-corrected chi connectivity index (χ4v) is 1.68. The molecule has 6 heteroatoms. The molecular weight excluding hydrogens is 222 g/mol. The highest BCUT2D eigenvalue weighted by Gasteiger charge is 2.40. The third kappa shape index (κ3) is 2.13. The van der Waals surface area contributed by atoms with Crippen molar-refractivity contribution < 1.29 is 14.6 Å². The molecule has 1 N–H and O–H groups in total. The van der Waals surface area contributed by atoms with E-state index in [1.54, 1.807) is 13.0 Å². The third-order valence-electron chi connectivity index (χ3n) is 2.79. The van der Waals surface area contributed by atoms with Crippen molar-refractivity contribution in [1.29, 1.82) is 5.26 Å². The smallest absolute Gasteiger partial charge is 0.407 e. The van der Waals surface area contributed by atoms with Gasteiger partial charge in [-0.1, -0.05) is 0 Å². The number of nitrogens with zero attached hydrogens (tertiary/aromatic N) is 3. The summed E-state index contributed by atoms with van der Waals surface area (Å²) in [7, 11) is 0. The molecule has 1 fully saturated rings. The summed E-state index contributed by atoms with van der Waals surface area (Å²) in [5.41, 5.74) is 0.282. The fraction of sp³-hybridized carbons (Fsp3) is 0.364. The van der Waals surface area contributed by atoms with Crippen molar-refractivity contribution in [3.8, 4) is 11.8 Å². The summed E-state index contributed by atoms with van der Waals surface area (Å²) in [6, 6.07) is 4.93. The molecule has 2 rings (SSSR count). The van der Waals surface area contributed by atoms with Crippen LogP contribution in [0.5, 0.6) is 5.75 Å². The zero-order valence-corrected chi connectivity index (χ0v) is 9.20. The van der Waals surface area contributed by atoms with E-state index in [1.165, 1.54) is 17.2 Å². The number of pyridine rings is 1. The molecule has 1 aromatic rings. The average molecular weight is 233 g/mol. The predicted octanol–water partition coefficient (Wildman–Crippen LogP) is 1.08. The molecular formula is C11H11N3O3. The highest BCUT2D eigenvalue weighted by molar-refractivity contribution is 5.66. The molecule has 1 aliphatic heterocycles. The standard InChI is InChI=1S/C11H11N3O3/c1-7-10(6-14(7)11(15)16)17-9-2-3-13-8(4-9)5-12/h2-4,7,10H,6H2,1H3,(H,15,16)/t7-,10+/m1/s1. The number of likely N-dealkylation sites (tertiary alicyclic amines) is 1. The topological polar surface area (TPSA) is 86.5 Å². The minimum atomic E-state index is -0.940. The van der Waals surface area contributed by atoms with Crippen LogP contribution in [0, 0.1) is 11.3 Å². The van der Waals surface area contributed by atoms with Gasteiger partial charge in [0.15, 0.2) is 0 Å². The van der Waals surface area contributed by atoms with E-state index in [2.05, 4.69) is 4.98 Å². The van der Waals surface area contributed by atoms with Crippen LogP contribution in [0.15, 0.2) is 18.3 Å². The first-order valence-corrected chi connectivity index (χ1v) is 5.14. The van der Waals surface area contributed by atoms with Crippen LogP contribution in [0.3, 0.4) is 0 Å². The Bertz CT molecular complexity index is 483. The van der Waals surface area contributed by atoms with Crippen molar-refractivity contribution in [3.63, 3.8) is 0 Å². The van der Waals surface area contributed by atoms with E-state index in [0.717, 1.165) is 0 Å². The first-order chi connectivity index (χ1) is 8.11. The lowest BCUT2D eigenvalue weighted by molar-refractivity contribution is -0.0225. The summed E-state index contributed by atoms with van der Waals surface area (Å²) in [6.07, 6.45) is 0.386. The van der Waals surface area contributed by atoms with Crippen LogP contribution in [-0.2, 0) is 0 Å². The Morgan fingerprint density at radius 3 is 3.12 bits per heavy atom. The van der Waals surface area contributed by atoms with Gasteiger partial charge in [-0.3, -0.25) is 4.90 Å². The first kappa shape index (κ1) is 11.2. The second kappa shape index (κ2) is 4.29. The predicted molar refractivity (Wildman–Crippen MR) is 57.6 cm³/mol. The largest absolute Gasteiger partial charge is 0.486 e. The Hall–Kier alpha value is -2.29. The lowest BCUT2D eigenvalue weighted by Gasteiger charge is -2.43. The quantitative estimate of drug-likeness (QED) is 0.826. The van der Waals surface area contributed by atoms with E-state index >= 15 is 0 Å². The van der Waals surface area contributed by atoms with Gasteiger partial charge in [-0.2, -0.15) is 5.26 Å². The zero-order chi connectivity index (χ0) is 12.4. The maximum absolute atomic E-state index is 10.7. The highest BCUT2D eigenvalue weighted by Crippen LogP contribution is 2.23. The van der Waals surface area contributed by atoms with Crippen molar-refractivity contribution >= 4 is 6.09 Å². The molecule has 1 aliphatic rings. The molecule has 2 atom stereocenters. The molecule has 0 spiro atoms. The van der Waals surface area contributed by atoms with E-state index < -0.39 is 6.09 Å². The van der Waals surface area contributed by atoms with Crippen molar-refractivity contribution in [2.75, 3.05) is 6.54 Å². The van der Waals surface area contributed by atoms with Crippen LogP contribution in [0.25, 0.3) is 0 Å². The monoisotopic (exact) mass is 233 g/mol. The van der Waals surface area contributed by atoms with E-state index in [4.69, 9.17) is 15.1 Å². The molecule has 1 amide bonds. The van der Waals surface area contributed by atoms with Gasteiger partial charge >= 0.3 is 6.09 Å². The summed E-state index contributed by atoms with van der Waals surface area (Å²) < 4.78 is 5.59. The molecule has 0 aromatic carbocycles. The Kier molecular flexibility index (Phi) is 2.83. The van der Waals surface area contributed by atoms with Gasteiger partial charge < -0.3 is 9.84 Å². The number of hydrogen-bond acceptors (Lipinski definition) is 4. The molecule has 1 saturated heterocycles. The maximum Gasteiger partial charge on any atom is 0.407 e. The van der Waals surface area contributed by atoms with Crippen molar-refractivity contribution in [2.24, 2.45) is 0 Å². The minimum Gasteiger partial charge on any atom is -0.486 e. The molecule has 17 heavy (non-hydrogen) atoms. The third-order valence-corrected chi connectivity index (χ3v) is 2.79. The lowest BCUT2D eigenvalue weighted by Crippen LogP contribution is -2.62. The summed E-state index contributed by atoms with van der Waals surface area (Å²) >= 11 is 0. The van der Waals surface area contributed by atoms with Gasteiger partial charge in [-0.25, -0.2) is 9.78 Å². The lowest BCUT2D eigenvalue weighted by atomic mass is 10.0. The summed E-state index contributed by atoms with van der Waals surface area (Å²) in [5.74, 6) is 0.540. The fourth-order valence-electron chi connectivity index (χ4n) is 1.68. The number of amides is 1. The SMILES string of the molecule is C[C@@H]1[C@@H](Oc2ccnc(C#N)c2)CN1C(=O)O. The molecule has 6 nitrogen and oxygen atoms in total. The molecule has 0 saturated carbocycles. The van der Waals surface area contributed by atoms with Crippen molar-refractivity contribution in [2.45, 2.75) is 19.1 Å². The van der Waals surface area contributed by atoms with E-state index in [0.29, 0.717) is 12.3 Å². The van der Waals surface area contributed by atoms with Gasteiger partial charge in [-0.15, -0.1) is 0 Å². The van der Waals surface area contributed by atoms with Crippen LogP contribution in [0.4, 0.5) is 4.79 Å². The molecule has 0 aliphatic carbocycles. The average Bonchev–Trinajstić information content (AvgIpc) is 2.33. The van der Waals surface area contributed by atoms with Gasteiger partial charge in [-0.05, 0) is 13.0 Å². The van der Waals surface area contributed by atoms with Gasteiger partial charge in [0.1, 0.15) is 23.6 Å². The molecule has 0 bridgehead atoms. The van der Waals surface area contributed by atoms with Crippen LogP contribution in [0.1, 0.15) is 12.6 Å². The number of ether oxygens (including phenoxy) is 1. The second-order valence-corrected chi connectivity index (χ2v) is 3.82. The summed E-state index contributed by atoms with van der Waals surface area (Å²) in [4.78, 5) is 15.8. The van der Waals surface area contributed by atoms with Gasteiger partial charge in [0.25, 0.3) is 0 Å². The van der Waals surface area contributed by atoms with Crippen LogP contribution < -0.4 is 4.74 Å². The molecule has 2 heterocycles. The second-order valence-electron chi connectivity index (χ2n) is 3.82. The molecule has 88 valence electrons. The van der Waals surface area contributed by atoms with E-state index in [1.807, 2.05) is 6.07 Å². The van der Waals surface area contributed by atoms with Crippen LogP contribution in [0.2, 0.25) is 0 Å². The van der Waals surface area contributed by atoms with Gasteiger partial charge in [0, 0.05) is 12.3 Å². The Balaban J connectivity index is 1.99. The number of carboxylic acid groups (broad SMARTS) is 1. The van der Waals surface area contributed by atoms with Gasteiger partial charge in [0.2, 0.25) is 0 Å². The van der Waals surface area contributed by atoms with E-state index in [-0.39, 0.29) is 17.8 Å².